The van der Waals surface area contributed by atoms with E-state index >= 15 is 0 Å². The molecule has 0 amide bonds. The van der Waals surface area contributed by atoms with E-state index < -0.39 is 0 Å². The maximum atomic E-state index is 10.4. The highest BCUT2D eigenvalue weighted by Crippen LogP contribution is 2.11. The van der Waals surface area contributed by atoms with Crippen molar-refractivity contribution in [1.82, 2.24) is 0 Å². The molecule has 2 nitrogen and oxygen atoms in total. The third kappa shape index (κ3) is 2.23. The van der Waals surface area contributed by atoms with Crippen molar-refractivity contribution in [1.29, 1.82) is 0 Å². The summed E-state index contributed by atoms with van der Waals surface area (Å²) in [6, 6.07) is 5.12. The number of carbonyl (C=O) groups excluding carboxylic acids is 1. The lowest BCUT2D eigenvalue weighted by Crippen LogP contribution is -2.15. The highest BCUT2D eigenvalue weighted by Gasteiger charge is 2.01. The Labute approximate surface area is 85.4 Å². The van der Waals surface area contributed by atoms with E-state index in [4.69, 9.17) is 0 Å². The molecule has 0 aromatic heterocycles. The van der Waals surface area contributed by atoms with Gasteiger partial charge in [0.05, 0.1) is 5.56 Å². The van der Waals surface area contributed by atoms with E-state index in [0.29, 0.717) is 11.8 Å². The van der Waals surface area contributed by atoms with E-state index in [-0.39, 0.29) is 5.75 Å². The number of halogens is 1. The van der Waals surface area contributed by atoms with Crippen molar-refractivity contribution in [2.75, 3.05) is 4.33 Å². The molecule has 1 rings (SSSR count). The van der Waals surface area contributed by atoms with Crippen molar-refractivity contribution in [3.05, 3.63) is 23.8 Å². The molecule has 0 atom stereocenters. The molecule has 0 spiro atoms. The number of aromatic hydroxyl groups is 1. The first-order chi connectivity index (χ1) is 5.77. The van der Waals surface area contributed by atoms with Gasteiger partial charge in [0.1, 0.15) is 5.75 Å². The molecule has 62 valence electrons. The van der Waals surface area contributed by atoms with Gasteiger partial charge >= 0.3 is 0 Å². The minimum absolute atomic E-state index is 0.0576. The predicted molar refractivity (Wildman–Crippen MR) is 59.2 cm³/mol. The summed E-state index contributed by atoms with van der Waals surface area (Å²) in [6.45, 7) is 0. The van der Waals surface area contributed by atoms with Crippen LogP contribution in [-0.4, -0.2) is 23.0 Å². The van der Waals surface area contributed by atoms with E-state index in [1.165, 1.54) is 0 Å². The van der Waals surface area contributed by atoms with Gasteiger partial charge in [-0.15, -0.1) is 0 Å². The normalized spacial score (nSPS) is 9.42. The van der Waals surface area contributed by atoms with Gasteiger partial charge in [-0.1, -0.05) is 40.2 Å². The molecule has 0 aliphatic carbocycles. The molecule has 1 aromatic carbocycles. The van der Waals surface area contributed by atoms with Crippen molar-refractivity contribution >= 4 is 41.6 Å². The van der Waals surface area contributed by atoms with Crippen LogP contribution in [0.15, 0.2) is 18.2 Å². The third-order valence-electron chi connectivity index (χ3n) is 1.60. The van der Waals surface area contributed by atoms with Crippen LogP contribution in [0.1, 0.15) is 10.4 Å². The molecular formula is C8H8BIO2. The maximum absolute atomic E-state index is 10.4. The first-order valence-corrected chi connectivity index (χ1v) is 5.13. The van der Waals surface area contributed by atoms with Crippen LogP contribution in [0, 0.1) is 0 Å². The highest BCUT2D eigenvalue weighted by molar-refractivity contribution is 14.1. The van der Waals surface area contributed by atoms with Crippen molar-refractivity contribution in [3.63, 3.8) is 0 Å². The zero-order valence-corrected chi connectivity index (χ0v) is 8.61. The van der Waals surface area contributed by atoms with Gasteiger partial charge in [0.15, 0.2) is 13.6 Å². The van der Waals surface area contributed by atoms with Gasteiger partial charge in [0, 0.05) is 0 Å². The first kappa shape index (κ1) is 9.57. The molecule has 0 fully saturated rings. The summed E-state index contributed by atoms with van der Waals surface area (Å²) >= 11 is 2.27. The molecule has 4 heteroatoms. The van der Waals surface area contributed by atoms with Gasteiger partial charge in [-0.05, 0) is 10.4 Å². The van der Waals surface area contributed by atoms with Gasteiger partial charge in [-0.2, -0.15) is 0 Å². The van der Waals surface area contributed by atoms with Crippen LogP contribution >= 0.6 is 22.6 Å². The summed E-state index contributed by atoms with van der Waals surface area (Å²) in [5.41, 5.74) is 1.46. The topological polar surface area (TPSA) is 37.3 Å². The molecule has 0 aliphatic rings. The molecule has 1 aromatic rings. The Morgan fingerprint density at radius 3 is 2.92 bits per heavy atom. The Bertz CT molecular complexity index is 288. The van der Waals surface area contributed by atoms with Gasteiger partial charge < -0.3 is 5.11 Å². The van der Waals surface area contributed by atoms with Crippen LogP contribution in [0.5, 0.6) is 5.75 Å². The van der Waals surface area contributed by atoms with E-state index in [2.05, 4.69) is 22.6 Å². The average Bonchev–Trinajstić information content (AvgIpc) is 2.09. The average molecular weight is 274 g/mol. The second-order valence-corrected chi connectivity index (χ2v) is 3.53. The molecule has 0 radical (unpaired) electrons. The quantitative estimate of drug-likeness (QED) is 0.380. The van der Waals surface area contributed by atoms with E-state index in [0.717, 1.165) is 17.1 Å². The third-order valence-corrected chi connectivity index (χ3v) is 2.14. The lowest BCUT2D eigenvalue weighted by molar-refractivity contribution is 0.112. The molecule has 0 unspecified atom stereocenters. The summed E-state index contributed by atoms with van der Waals surface area (Å²) < 4.78 is 1.01. The van der Waals surface area contributed by atoms with Gasteiger partial charge in [0.25, 0.3) is 0 Å². The number of carbonyl (C=O) groups is 1. The fraction of sp³-hybridized carbons (Fsp3) is 0.125. The van der Waals surface area contributed by atoms with Crippen molar-refractivity contribution in [3.8, 4) is 5.75 Å². The Kier molecular flexibility index (Phi) is 3.59. The second kappa shape index (κ2) is 4.50. The number of phenols is 1. The van der Waals surface area contributed by atoms with Gasteiger partial charge in [-0.25, -0.2) is 0 Å². The summed E-state index contributed by atoms with van der Waals surface area (Å²) in [4.78, 5) is 10.4. The van der Waals surface area contributed by atoms with E-state index in [1.54, 1.807) is 12.1 Å². The van der Waals surface area contributed by atoms with E-state index in [9.17, 15) is 9.90 Å². The Morgan fingerprint density at radius 1 is 1.58 bits per heavy atom. The number of aldehydes is 1. The SMILES string of the molecule is O=Cc1cc(BCI)ccc1O. The Morgan fingerprint density at radius 2 is 2.33 bits per heavy atom. The zero-order chi connectivity index (χ0) is 8.97. The van der Waals surface area contributed by atoms with Gasteiger partial charge in [0.2, 0.25) is 0 Å². The lowest BCUT2D eigenvalue weighted by Gasteiger charge is -1.99. The predicted octanol–water partition coefficient (Wildman–Crippen LogP) is 0.659. The number of alkyl halides is 1. The van der Waals surface area contributed by atoms with Crippen LogP contribution in [0.25, 0.3) is 0 Å². The zero-order valence-electron chi connectivity index (χ0n) is 6.46. The van der Waals surface area contributed by atoms with Crippen LogP contribution in [-0.2, 0) is 0 Å². The van der Waals surface area contributed by atoms with Crippen molar-refractivity contribution in [2.24, 2.45) is 0 Å². The molecule has 0 saturated carbocycles. The summed E-state index contributed by atoms with van der Waals surface area (Å²) in [5, 5.41) is 9.17. The fourth-order valence-electron chi connectivity index (χ4n) is 0.963. The lowest BCUT2D eigenvalue weighted by atomic mass is 9.73. The molecule has 1 N–H and O–H groups in total. The molecule has 12 heavy (non-hydrogen) atoms. The highest BCUT2D eigenvalue weighted by atomic mass is 127. The first-order valence-electron chi connectivity index (χ1n) is 3.61. The fourth-order valence-corrected chi connectivity index (χ4v) is 1.59. The number of rotatable bonds is 3. The minimum Gasteiger partial charge on any atom is -0.507 e. The van der Waals surface area contributed by atoms with Crippen LogP contribution in [0.2, 0.25) is 0 Å². The van der Waals surface area contributed by atoms with Crippen LogP contribution in [0.4, 0.5) is 0 Å². The number of hydrogen-bond donors (Lipinski definition) is 1. The number of phenolic OH excluding ortho intramolecular Hbond substituents is 1. The monoisotopic (exact) mass is 274 g/mol. The number of benzene rings is 1. The molecular weight excluding hydrogens is 266 g/mol. The smallest absolute Gasteiger partial charge is 0.168 e. The van der Waals surface area contributed by atoms with Crippen LogP contribution < -0.4 is 5.46 Å². The molecule has 0 aliphatic heterocycles. The minimum atomic E-state index is 0.0576. The standard InChI is InChI=1S/C8H8BIO2/c10-5-9-7-1-2-8(12)6(3-7)4-11/h1-4,9,12H,5H2. The Balaban J connectivity index is 2.96. The summed E-state index contributed by atoms with van der Waals surface area (Å²) in [7, 11) is 0.932. The number of hydrogen-bond acceptors (Lipinski definition) is 2. The second-order valence-electron chi connectivity index (χ2n) is 2.45. The van der Waals surface area contributed by atoms with Gasteiger partial charge in [-0.3, -0.25) is 4.79 Å². The molecule has 0 heterocycles. The van der Waals surface area contributed by atoms with Crippen molar-refractivity contribution in [2.45, 2.75) is 0 Å². The summed E-state index contributed by atoms with van der Waals surface area (Å²) in [6.07, 6.45) is 0.673. The Hall–Kier alpha value is -0.515. The largest absolute Gasteiger partial charge is 0.507 e. The summed E-state index contributed by atoms with van der Waals surface area (Å²) in [5.74, 6) is 0.0576. The van der Waals surface area contributed by atoms with Crippen molar-refractivity contribution < 1.29 is 9.90 Å². The van der Waals surface area contributed by atoms with E-state index in [1.807, 2.05) is 6.07 Å². The maximum Gasteiger partial charge on any atom is 0.168 e. The van der Waals surface area contributed by atoms with Crippen LogP contribution in [0.3, 0.4) is 0 Å². The molecule has 0 bridgehead atoms. The molecule has 0 saturated heterocycles.